The van der Waals surface area contributed by atoms with E-state index < -0.39 is 0 Å². The van der Waals surface area contributed by atoms with Crippen LogP contribution in [0.25, 0.3) is 11.0 Å². The van der Waals surface area contributed by atoms with Crippen molar-refractivity contribution in [3.63, 3.8) is 0 Å². The van der Waals surface area contributed by atoms with Crippen molar-refractivity contribution in [3.05, 3.63) is 117 Å². The minimum absolute atomic E-state index is 0.0797. The van der Waals surface area contributed by atoms with E-state index in [1.807, 2.05) is 24.3 Å². The summed E-state index contributed by atoms with van der Waals surface area (Å²) in [7, 11) is 3.41. The second-order valence-electron chi connectivity index (χ2n) is 12.5. The number of hydrogen-bond acceptors (Lipinski definition) is 4. The van der Waals surface area contributed by atoms with Gasteiger partial charge in [-0.3, -0.25) is 4.79 Å². The number of carbonyl (C=O) groups is 1. The molecule has 230 valence electrons. The SMILES string of the molecule is COc1ccc(C(=O)C[n+]2cn(CCCN3C[C@@H]4Cc5ccc(Br)cc5[C@@H]4c4cccc(OC)c43)c3cc(C)c(C)cc32)cc1. The lowest BCUT2D eigenvalue weighted by Crippen LogP contribution is -2.38. The molecule has 1 aromatic heterocycles. The summed E-state index contributed by atoms with van der Waals surface area (Å²) in [6.07, 6.45) is 4.19. The van der Waals surface area contributed by atoms with E-state index in [1.54, 1.807) is 14.2 Å². The molecule has 0 amide bonds. The molecule has 0 radical (unpaired) electrons. The Hall–Kier alpha value is -4.10. The average Bonchev–Trinajstić information content (AvgIpc) is 3.57. The van der Waals surface area contributed by atoms with Crippen LogP contribution in [0.3, 0.4) is 0 Å². The van der Waals surface area contributed by atoms with E-state index in [0.717, 1.165) is 59.5 Å². The summed E-state index contributed by atoms with van der Waals surface area (Å²) in [5.41, 5.74) is 10.9. The number of aromatic nitrogens is 2. The number of anilines is 1. The van der Waals surface area contributed by atoms with E-state index >= 15 is 0 Å². The molecule has 6 nitrogen and oxygen atoms in total. The highest BCUT2D eigenvalue weighted by molar-refractivity contribution is 9.10. The Balaban J connectivity index is 1.14. The van der Waals surface area contributed by atoms with Crippen LogP contribution < -0.4 is 18.9 Å². The van der Waals surface area contributed by atoms with Gasteiger partial charge in [-0.1, -0.05) is 34.1 Å². The summed E-state index contributed by atoms with van der Waals surface area (Å²) in [5.74, 6) is 2.70. The molecule has 1 aliphatic heterocycles. The first-order chi connectivity index (χ1) is 21.8. The zero-order valence-corrected chi connectivity index (χ0v) is 27.9. The minimum atomic E-state index is 0.0797. The standard InChI is InChI=1S/C38H39BrN3O3/c1-24-17-33-34(18-25(24)2)42(22-35(43)26-10-13-30(44-3)14-11-26)23-41(33)16-6-15-40-21-28-19-27-9-12-29(39)20-32(27)37(28)31-7-5-8-36(45-4)38(31)40/h5,7-14,17-18,20,23,28,37H,6,15-16,19,21-22H2,1-4H3/q+1/t28-,37-/m0/s1. The summed E-state index contributed by atoms with van der Waals surface area (Å²) in [5, 5.41) is 0. The van der Waals surface area contributed by atoms with Crippen LogP contribution in [0.15, 0.2) is 83.6 Å². The maximum Gasteiger partial charge on any atom is 0.245 e. The average molecular weight is 666 g/mol. The summed E-state index contributed by atoms with van der Waals surface area (Å²) in [6.45, 7) is 7.36. The Morgan fingerprint density at radius 2 is 1.73 bits per heavy atom. The number of carbonyl (C=O) groups excluding carboxylic acids is 1. The van der Waals surface area contributed by atoms with Gasteiger partial charge in [0.05, 0.1) is 26.5 Å². The van der Waals surface area contributed by atoms with E-state index in [-0.39, 0.29) is 12.3 Å². The van der Waals surface area contributed by atoms with Gasteiger partial charge < -0.3 is 14.4 Å². The van der Waals surface area contributed by atoms with Crippen molar-refractivity contribution in [2.24, 2.45) is 5.92 Å². The number of ketones is 1. The van der Waals surface area contributed by atoms with Gasteiger partial charge in [0.2, 0.25) is 12.1 Å². The molecule has 4 aromatic carbocycles. The van der Waals surface area contributed by atoms with Crippen LogP contribution in [-0.4, -0.2) is 37.7 Å². The third-order valence-corrected chi connectivity index (χ3v) is 10.3. The van der Waals surface area contributed by atoms with Crippen molar-refractivity contribution in [2.75, 3.05) is 32.2 Å². The van der Waals surface area contributed by atoms with E-state index in [4.69, 9.17) is 9.47 Å². The molecule has 2 heterocycles. The first kappa shape index (κ1) is 29.6. The molecule has 7 heteroatoms. The predicted octanol–water partition coefficient (Wildman–Crippen LogP) is 7.42. The molecule has 2 aliphatic rings. The fourth-order valence-electron chi connectivity index (χ4n) is 7.46. The molecule has 45 heavy (non-hydrogen) atoms. The molecule has 5 aromatic rings. The van der Waals surface area contributed by atoms with Crippen LogP contribution in [0.4, 0.5) is 5.69 Å². The van der Waals surface area contributed by atoms with Gasteiger partial charge in [0, 0.05) is 35.5 Å². The lowest BCUT2D eigenvalue weighted by atomic mass is 9.81. The maximum atomic E-state index is 13.3. The number of methoxy groups -OCH3 is 2. The second kappa shape index (κ2) is 12.0. The van der Waals surface area contributed by atoms with Crippen molar-refractivity contribution in [3.8, 4) is 11.5 Å². The highest BCUT2D eigenvalue weighted by Crippen LogP contribution is 2.52. The van der Waals surface area contributed by atoms with E-state index in [1.165, 1.54) is 33.5 Å². The van der Waals surface area contributed by atoms with Crippen molar-refractivity contribution in [1.29, 1.82) is 0 Å². The molecule has 0 saturated carbocycles. The number of rotatable bonds is 9. The third-order valence-electron chi connectivity index (χ3n) is 9.79. The van der Waals surface area contributed by atoms with Gasteiger partial charge in [-0.15, -0.1) is 0 Å². The Morgan fingerprint density at radius 3 is 2.51 bits per heavy atom. The summed E-state index contributed by atoms with van der Waals surface area (Å²) in [6, 6.07) is 25.1. The molecule has 0 unspecified atom stereocenters. The number of ether oxygens (including phenoxy) is 2. The second-order valence-corrected chi connectivity index (χ2v) is 13.4. The van der Waals surface area contributed by atoms with Crippen LogP contribution in [0.5, 0.6) is 11.5 Å². The van der Waals surface area contributed by atoms with E-state index in [0.29, 0.717) is 17.4 Å². The molecule has 2 atom stereocenters. The number of hydrogen-bond donors (Lipinski definition) is 0. The monoisotopic (exact) mass is 664 g/mol. The van der Waals surface area contributed by atoms with Crippen LogP contribution in [-0.2, 0) is 19.5 Å². The lowest BCUT2D eigenvalue weighted by Gasteiger charge is -2.39. The molecule has 0 fully saturated rings. The molecular formula is C38H39BrN3O3+. The van der Waals surface area contributed by atoms with Gasteiger partial charge in [-0.05, 0) is 109 Å². The molecule has 0 bridgehead atoms. The molecule has 0 spiro atoms. The summed E-state index contributed by atoms with van der Waals surface area (Å²) < 4.78 is 16.8. The number of imidazole rings is 1. The number of aryl methyl sites for hydroxylation is 3. The minimum Gasteiger partial charge on any atom is -0.497 e. The fraction of sp³-hybridized carbons (Fsp3) is 0.316. The zero-order chi connectivity index (χ0) is 31.2. The van der Waals surface area contributed by atoms with Gasteiger partial charge in [-0.25, -0.2) is 9.13 Å². The van der Waals surface area contributed by atoms with Crippen LogP contribution >= 0.6 is 15.9 Å². The number of benzene rings is 4. The van der Waals surface area contributed by atoms with Gasteiger partial charge in [0.15, 0.2) is 17.6 Å². The summed E-state index contributed by atoms with van der Waals surface area (Å²) in [4.78, 5) is 15.9. The number of para-hydroxylation sites is 1. The predicted molar refractivity (Wildman–Crippen MR) is 182 cm³/mol. The molecule has 7 rings (SSSR count). The largest absolute Gasteiger partial charge is 0.497 e. The number of Topliss-reactive ketones (excluding diaryl/α,β-unsaturated/α-hetero) is 1. The van der Waals surface area contributed by atoms with Gasteiger partial charge in [0.1, 0.15) is 11.5 Å². The Labute approximate surface area is 273 Å². The smallest absolute Gasteiger partial charge is 0.245 e. The normalized spacial score (nSPS) is 16.8. The van der Waals surface area contributed by atoms with Gasteiger partial charge in [-0.2, -0.15) is 0 Å². The van der Waals surface area contributed by atoms with Gasteiger partial charge in [0.25, 0.3) is 0 Å². The third kappa shape index (κ3) is 5.41. The zero-order valence-electron chi connectivity index (χ0n) is 26.3. The topological polar surface area (TPSA) is 47.6 Å². The first-order valence-corrected chi connectivity index (χ1v) is 16.5. The molecule has 1 aliphatic carbocycles. The Kier molecular flexibility index (Phi) is 7.90. The molecule has 0 N–H and O–H groups in total. The number of fused-ring (bicyclic) bond motifs is 6. The van der Waals surface area contributed by atoms with Crippen molar-refractivity contribution < 1.29 is 18.8 Å². The van der Waals surface area contributed by atoms with Crippen LogP contribution in [0, 0.1) is 19.8 Å². The van der Waals surface area contributed by atoms with Gasteiger partial charge >= 0.3 is 0 Å². The van der Waals surface area contributed by atoms with Crippen molar-refractivity contribution >= 4 is 38.4 Å². The highest BCUT2D eigenvalue weighted by atomic mass is 79.9. The summed E-state index contributed by atoms with van der Waals surface area (Å²) >= 11 is 3.71. The van der Waals surface area contributed by atoms with E-state index in [9.17, 15) is 4.79 Å². The van der Waals surface area contributed by atoms with Crippen molar-refractivity contribution in [2.45, 2.75) is 45.7 Å². The van der Waals surface area contributed by atoms with Crippen LogP contribution in [0.1, 0.15) is 50.5 Å². The highest BCUT2D eigenvalue weighted by Gasteiger charge is 2.41. The first-order valence-electron chi connectivity index (χ1n) is 15.7. The fourth-order valence-corrected chi connectivity index (χ4v) is 7.83. The quantitative estimate of drug-likeness (QED) is 0.122. The van der Waals surface area contributed by atoms with E-state index in [2.05, 4.69) is 98.7 Å². The van der Waals surface area contributed by atoms with Crippen molar-refractivity contribution in [1.82, 2.24) is 4.57 Å². The lowest BCUT2D eigenvalue weighted by molar-refractivity contribution is -0.658. The molecule has 0 saturated heterocycles. The Morgan fingerprint density at radius 1 is 0.933 bits per heavy atom. The van der Waals surface area contributed by atoms with Crippen LogP contribution in [0.2, 0.25) is 0 Å². The molecular weight excluding hydrogens is 626 g/mol. The number of nitrogens with zero attached hydrogens (tertiary/aromatic N) is 3. The maximum absolute atomic E-state index is 13.3. The Bertz CT molecular complexity index is 1910. The number of halogens is 1.